The van der Waals surface area contributed by atoms with Crippen molar-refractivity contribution >= 4 is 21.5 Å². The Morgan fingerprint density at radius 1 is 0.354 bits per heavy atom. The van der Waals surface area contributed by atoms with Crippen LogP contribution in [0, 0.1) is 34.9 Å². The van der Waals surface area contributed by atoms with Crippen LogP contribution >= 0.6 is 0 Å². The van der Waals surface area contributed by atoms with Crippen molar-refractivity contribution in [3.63, 3.8) is 0 Å². The van der Waals surface area contributed by atoms with Gasteiger partial charge < -0.3 is 9.47 Å². The number of aryl methyl sites for hydroxylation is 2. The highest BCUT2D eigenvalue weighted by atomic mass is 19.4. The van der Waals surface area contributed by atoms with Crippen molar-refractivity contribution in [1.29, 1.82) is 0 Å². The first kappa shape index (κ1) is 46.0. The van der Waals surface area contributed by atoms with E-state index in [1.165, 1.54) is 35.4 Å². The summed E-state index contributed by atoms with van der Waals surface area (Å²) in [5.74, 6) is -11.0. The molecule has 0 aliphatic carbocycles. The van der Waals surface area contributed by atoms with Gasteiger partial charge in [-0.2, -0.15) is 0 Å². The van der Waals surface area contributed by atoms with Crippen LogP contribution in [0.5, 0.6) is 11.5 Å². The topological polar surface area (TPSA) is 18.5 Å². The summed E-state index contributed by atoms with van der Waals surface area (Å²) in [6, 6.07) is 34.3. The van der Waals surface area contributed by atoms with Crippen molar-refractivity contribution in [2.75, 3.05) is 0 Å². The number of ether oxygens (including phenoxy) is 2. The van der Waals surface area contributed by atoms with Crippen LogP contribution in [-0.4, -0.2) is 12.7 Å². The predicted octanol–water partition coefficient (Wildman–Crippen LogP) is 16.5. The third-order valence-electron chi connectivity index (χ3n) is 10.4. The van der Waals surface area contributed by atoms with E-state index in [1.807, 2.05) is 54.6 Å². The lowest BCUT2D eigenvalue weighted by Gasteiger charge is -2.13. The summed E-state index contributed by atoms with van der Waals surface area (Å²) in [6.07, 6.45) is -7.58. The molecule has 14 heteroatoms. The Kier molecular flexibility index (Phi) is 13.2. The molecule has 2 nitrogen and oxygen atoms in total. The Balaban J connectivity index is 0.000000194. The zero-order chi connectivity index (χ0) is 46.8. The average molecular weight is 907 g/mol. The molecule has 0 saturated carbocycles. The van der Waals surface area contributed by atoms with E-state index < -0.39 is 59.1 Å². The first-order chi connectivity index (χ1) is 30.8. The maximum absolute atomic E-state index is 14.9. The molecule has 0 heterocycles. The second kappa shape index (κ2) is 18.6. The lowest BCUT2D eigenvalue weighted by molar-refractivity contribution is -0.277. The third kappa shape index (κ3) is 10.9. The number of alkyl halides is 6. The summed E-state index contributed by atoms with van der Waals surface area (Å²) in [6.45, 7) is 4.17. The van der Waals surface area contributed by atoms with Crippen molar-refractivity contribution in [3.05, 3.63) is 179 Å². The van der Waals surface area contributed by atoms with Gasteiger partial charge in [0, 0.05) is 11.1 Å². The molecule has 0 fully saturated rings. The zero-order valence-electron chi connectivity index (χ0n) is 34.2. The summed E-state index contributed by atoms with van der Waals surface area (Å²) in [5.41, 5.74) is 4.24. The zero-order valence-corrected chi connectivity index (χ0v) is 34.2. The molecule has 0 spiro atoms. The molecule has 8 rings (SSSR count). The molecule has 0 unspecified atom stereocenters. The summed E-state index contributed by atoms with van der Waals surface area (Å²) >= 11 is 0. The molecular formula is C51H34F12O2. The molecule has 0 radical (unpaired) electrons. The smallest absolute Gasteiger partial charge is 0.399 e. The minimum Gasteiger partial charge on any atom is -0.399 e. The van der Waals surface area contributed by atoms with E-state index in [2.05, 4.69) is 41.5 Å². The van der Waals surface area contributed by atoms with Crippen LogP contribution in [0.25, 0.3) is 66.1 Å². The SMILES string of the molecule is CCCc1ccc2cc(-c3ccc(-c4cc(F)c(OC(F)(F)F)c(F)c4)c(F)c3)ccc2c1.CCc1ccc2cc(-c3ccc(-c4cc(F)c(OC(F)(F)F)c(F)c4)c(F)c3)ccc2c1. The normalized spacial score (nSPS) is 11.7. The quantitative estimate of drug-likeness (QED) is 0.134. The minimum absolute atomic E-state index is 0.153. The van der Waals surface area contributed by atoms with Crippen molar-refractivity contribution in [3.8, 4) is 56.0 Å². The maximum Gasteiger partial charge on any atom is 0.573 e. The molecule has 8 aromatic rings. The minimum atomic E-state index is -5.26. The molecule has 0 aliphatic rings. The Bertz CT molecular complexity index is 3000. The van der Waals surface area contributed by atoms with Gasteiger partial charge >= 0.3 is 12.7 Å². The fraction of sp³-hybridized carbons (Fsp3) is 0.137. The van der Waals surface area contributed by atoms with Gasteiger partial charge in [-0.25, -0.2) is 26.3 Å². The Labute approximate surface area is 364 Å². The van der Waals surface area contributed by atoms with Crippen LogP contribution in [0.15, 0.2) is 133 Å². The summed E-state index contributed by atoms with van der Waals surface area (Å²) in [4.78, 5) is 0. The van der Waals surface area contributed by atoms with Gasteiger partial charge in [0.05, 0.1) is 0 Å². The van der Waals surface area contributed by atoms with Crippen LogP contribution in [-0.2, 0) is 12.8 Å². The lowest BCUT2D eigenvalue weighted by atomic mass is 9.96. The maximum atomic E-state index is 14.9. The van der Waals surface area contributed by atoms with Gasteiger partial charge in [0.1, 0.15) is 11.6 Å². The van der Waals surface area contributed by atoms with Gasteiger partial charge in [0.15, 0.2) is 23.3 Å². The summed E-state index contributed by atoms with van der Waals surface area (Å²) < 4.78 is 166. The number of benzene rings is 8. The van der Waals surface area contributed by atoms with Crippen molar-refractivity contribution in [2.24, 2.45) is 0 Å². The Morgan fingerprint density at radius 2 is 0.677 bits per heavy atom. The summed E-state index contributed by atoms with van der Waals surface area (Å²) in [5, 5.41) is 4.08. The molecule has 0 atom stereocenters. The number of hydrogen-bond donors (Lipinski definition) is 0. The van der Waals surface area contributed by atoms with Gasteiger partial charge in [0.2, 0.25) is 11.5 Å². The predicted molar refractivity (Wildman–Crippen MR) is 226 cm³/mol. The van der Waals surface area contributed by atoms with Crippen molar-refractivity contribution < 1.29 is 62.2 Å². The fourth-order valence-electron chi connectivity index (χ4n) is 7.33. The van der Waals surface area contributed by atoms with Crippen LogP contribution in [0.3, 0.4) is 0 Å². The van der Waals surface area contributed by atoms with E-state index in [0.29, 0.717) is 35.4 Å². The van der Waals surface area contributed by atoms with Gasteiger partial charge in [-0.05, 0) is 127 Å². The number of fused-ring (bicyclic) bond motifs is 2. The van der Waals surface area contributed by atoms with Crippen LogP contribution in [0.1, 0.15) is 31.4 Å². The van der Waals surface area contributed by atoms with E-state index in [0.717, 1.165) is 51.9 Å². The van der Waals surface area contributed by atoms with Gasteiger partial charge in [-0.1, -0.05) is 105 Å². The van der Waals surface area contributed by atoms with E-state index in [4.69, 9.17) is 0 Å². The Hall–Kier alpha value is -6.96. The Morgan fingerprint density at radius 3 is 1.05 bits per heavy atom. The van der Waals surface area contributed by atoms with Gasteiger partial charge in [-0.3, -0.25) is 0 Å². The number of rotatable bonds is 9. The lowest BCUT2D eigenvalue weighted by Crippen LogP contribution is -2.19. The average Bonchev–Trinajstić information content (AvgIpc) is 3.25. The van der Waals surface area contributed by atoms with Crippen molar-refractivity contribution in [2.45, 2.75) is 45.8 Å². The molecule has 0 saturated heterocycles. The van der Waals surface area contributed by atoms with Crippen LogP contribution in [0.2, 0.25) is 0 Å². The molecule has 334 valence electrons. The fourth-order valence-corrected chi connectivity index (χ4v) is 7.33. The molecule has 8 aromatic carbocycles. The molecular weight excluding hydrogens is 873 g/mol. The van der Waals surface area contributed by atoms with Crippen LogP contribution in [0.4, 0.5) is 52.7 Å². The highest BCUT2D eigenvalue weighted by Crippen LogP contribution is 2.37. The van der Waals surface area contributed by atoms with Gasteiger partial charge in [-0.15, -0.1) is 26.3 Å². The molecule has 0 aliphatic heterocycles. The monoisotopic (exact) mass is 906 g/mol. The number of halogens is 12. The molecule has 0 N–H and O–H groups in total. The molecule has 0 bridgehead atoms. The van der Waals surface area contributed by atoms with Gasteiger partial charge in [0.25, 0.3) is 0 Å². The third-order valence-corrected chi connectivity index (χ3v) is 10.4. The van der Waals surface area contributed by atoms with E-state index >= 15 is 0 Å². The highest BCUT2D eigenvalue weighted by molar-refractivity contribution is 5.89. The first-order valence-corrected chi connectivity index (χ1v) is 19.9. The largest absolute Gasteiger partial charge is 0.573 e. The summed E-state index contributed by atoms with van der Waals surface area (Å²) in [7, 11) is 0. The first-order valence-electron chi connectivity index (χ1n) is 19.9. The highest BCUT2D eigenvalue weighted by Gasteiger charge is 2.35. The standard InChI is InChI=1S/C26H18F6O.C25H16F6O/c1-2-3-15-4-5-17-11-18(7-6-16(17)10-15)19-8-9-21(22(27)12-19)20-13-23(28)25(24(29)14-20)33-26(30,31)32;1-2-14-3-4-16-10-17(6-5-15(16)9-14)18-7-8-20(21(26)11-18)19-12-22(27)24(23(28)13-19)32-25(29,30)31/h4-14H,2-3H2,1H3;3-13H,2H2,1H3. The molecule has 65 heavy (non-hydrogen) atoms. The molecule has 0 amide bonds. The van der Waals surface area contributed by atoms with E-state index in [-0.39, 0.29) is 22.3 Å². The van der Waals surface area contributed by atoms with E-state index in [1.54, 1.807) is 12.1 Å². The second-order valence-electron chi connectivity index (χ2n) is 14.9. The second-order valence-corrected chi connectivity index (χ2v) is 14.9. The van der Waals surface area contributed by atoms with E-state index in [9.17, 15) is 52.7 Å². The van der Waals surface area contributed by atoms with Crippen LogP contribution < -0.4 is 9.47 Å². The van der Waals surface area contributed by atoms with Crippen molar-refractivity contribution in [1.82, 2.24) is 0 Å². The molecule has 0 aromatic heterocycles. The number of hydrogen-bond acceptors (Lipinski definition) is 2.